The van der Waals surface area contributed by atoms with E-state index in [1.807, 2.05) is 19.9 Å². The van der Waals surface area contributed by atoms with Crippen molar-refractivity contribution in [3.05, 3.63) is 54.1 Å². The van der Waals surface area contributed by atoms with Crippen LogP contribution < -0.4 is 15.4 Å². The van der Waals surface area contributed by atoms with E-state index >= 15 is 0 Å². The largest absolute Gasteiger partial charge is 0.493 e. The standard InChI is InChI=1S/C21H26N2O3/c1-14(2)13-26-19-10-5-7-16(11-19)21(25)23-18-9-6-8-17(12-18)22-20(24)15(3)4/h5-12,14-15H,13H2,1-4H3,(H,22,24)(H,23,25). The molecule has 2 amide bonds. The Morgan fingerprint density at radius 2 is 1.58 bits per heavy atom. The summed E-state index contributed by atoms with van der Waals surface area (Å²) >= 11 is 0. The van der Waals surface area contributed by atoms with Gasteiger partial charge in [0.15, 0.2) is 0 Å². The zero-order valence-corrected chi connectivity index (χ0v) is 15.7. The first-order valence-corrected chi connectivity index (χ1v) is 8.80. The molecule has 0 aromatic heterocycles. The Labute approximate surface area is 154 Å². The van der Waals surface area contributed by atoms with Gasteiger partial charge in [-0.1, -0.05) is 39.8 Å². The van der Waals surface area contributed by atoms with Crippen molar-refractivity contribution in [2.75, 3.05) is 17.2 Å². The zero-order valence-electron chi connectivity index (χ0n) is 15.7. The number of amides is 2. The summed E-state index contributed by atoms with van der Waals surface area (Å²) in [5, 5.41) is 5.67. The quantitative estimate of drug-likeness (QED) is 0.765. The smallest absolute Gasteiger partial charge is 0.255 e. The summed E-state index contributed by atoms with van der Waals surface area (Å²) in [5.74, 6) is 0.679. The lowest BCUT2D eigenvalue weighted by atomic mass is 10.1. The molecule has 0 bridgehead atoms. The van der Waals surface area contributed by atoms with Crippen LogP contribution in [-0.2, 0) is 4.79 Å². The molecule has 0 atom stereocenters. The summed E-state index contributed by atoms with van der Waals surface area (Å²) < 4.78 is 5.67. The molecule has 0 aliphatic carbocycles. The van der Waals surface area contributed by atoms with Crippen molar-refractivity contribution in [1.82, 2.24) is 0 Å². The molecule has 0 saturated carbocycles. The second-order valence-electron chi connectivity index (χ2n) is 6.91. The highest BCUT2D eigenvalue weighted by atomic mass is 16.5. The molecule has 5 nitrogen and oxygen atoms in total. The minimum Gasteiger partial charge on any atom is -0.493 e. The van der Waals surface area contributed by atoms with Crippen molar-refractivity contribution in [3.8, 4) is 5.75 Å². The molecule has 0 unspecified atom stereocenters. The van der Waals surface area contributed by atoms with Crippen LogP contribution in [0.4, 0.5) is 11.4 Å². The molecule has 0 spiro atoms. The fraction of sp³-hybridized carbons (Fsp3) is 0.333. The van der Waals surface area contributed by atoms with Crippen molar-refractivity contribution in [2.24, 2.45) is 11.8 Å². The van der Waals surface area contributed by atoms with E-state index in [1.54, 1.807) is 42.5 Å². The number of anilines is 2. The first kappa shape index (κ1) is 19.5. The van der Waals surface area contributed by atoms with Crippen LogP contribution in [0.3, 0.4) is 0 Å². The number of nitrogens with one attached hydrogen (secondary N) is 2. The SMILES string of the molecule is CC(C)COc1cccc(C(=O)Nc2cccc(NC(=O)C(C)C)c2)c1. The molecular formula is C21H26N2O3. The minimum atomic E-state index is -0.229. The van der Waals surface area contributed by atoms with E-state index in [0.29, 0.717) is 35.2 Å². The van der Waals surface area contributed by atoms with Gasteiger partial charge in [-0.3, -0.25) is 9.59 Å². The number of hydrogen-bond acceptors (Lipinski definition) is 3. The lowest BCUT2D eigenvalue weighted by Crippen LogP contribution is -2.18. The summed E-state index contributed by atoms with van der Waals surface area (Å²) in [5.41, 5.74) is 1.78. The third-order valence-electron chi connectivity index (χ3n) is 3.59. The van der Waals surface area contributed by atoms with Gasteiger partial charge in [-0.2, -0.15) is 0 Å². The normalized spacial score (nSPS) is 10.7. The summed E-state index contributed by atoms with van der Waals surface area (Å²) in [6.45, 7) is 8.40. The summed E-state index contributed by atoms with van der Waals surface area (Å²) in [6, 6.07) is 14.2. The van der Waals surface area contributed by atoms with Gasteiger partial charge in [0.25, 0.3) is 5.91 Å². The first-order valence-electron chi connectivity index (χ1n) is 8.80. The monoisotopic (exact) mass is 354 g/mol. The van der Waals surface area contributed by atoms with Crippen molar-refractivity contribution in [2.45, 2.75) is 27.7 Å². The highest BCUT2D eigenvalue weighted by Crippen LogP contribution is 2.19. The van der Waals surface area contributed by atoms with Crippen molar-refractivity contribution < 1.29 is 14.3 Å². The Morgan fingerprint density at radius 1 is 0.923 bits per heavy atom. The van der Waals surface area contributed by atoms with Gasteiger partial charge in [0.2, 0.25) is 5.91 Å². The number of carbonyl (C=O) groups excluding carboxylic acids is 2. The van der Waals surface area contributed by atoms with Crippen LogP contribution in [-0.4, -0.2) is 18.4 Å². The summed E-state index contributed by atoms with van der Waals surface area (Å²) in [4.78, 5) is 24.3. The number of rotatable bonds is 7. The van der Waals surface area contributed by atoms with E-state index in [9.17, 15) is 9.59 Å². The molecule has 0 fully saturated rings. The van der Waals surface area contributed by atoms with E-state index in [-0.39, 0.29) is 17.7 Å². The van der Waals surface area contributed by atoms with E-state index in [1.165, 1.54) is 0 Å². The molecule has 0 radical (unpaired) electrons. The third-order valence-corrected chi connectivity index (χ3v) is 3.59. The molecule has 0 saturated heterocycles. The second kappa shape index (κ2) is 9.04. The highest BCUT2D eigenvalue weighted by molar-refractivity contribution is 6.05. The fourth-order valence-electron chi connectivity index (χ4n) is 2.15. The van der Waals surface area contributed by atoms with Crippen LogP contribution in [0.25, 0.3) is 0 Å². The van der Waals surface area contributed by atoms with E-state index in [2.05, 4.69) is 24.5 Å². The maximum atomic E-state index is 12.5. The molecule has 0 aliphatic rings. The van der Waals surface area contributed by atoms with E-state index in [4.69, 9.17) is 4.74 Å². The van der Waals surface area contributed by atoms with Crippen molar-refractivity contribution in [1.29, 1.82) is 0 Å². The predicted molar refractivity (Wildman–Crippen MR) is 105 cm³/mol. The Morgan fingerprint density at radius 3 is 2.23 bits per heavy atom. The maximum absolute atomic E-state index is 12.5. The molecule has 0 heterocycles. The number of hydrogen-bond donors (Lipinski definition) is 2. The fourth-order valence-corrected chi connectivity index (χ4v) is 2.15. The van der Waals surface area contributed by atoms with Gasteiger partial charge in [-0.15, -0.1) is 0 Å². The Hall–Kier alpha value is -2.82. The average Bonchev–Trinajstić information content (AvgIpc) is 2.60. The van der Waals surface area contributed by atoms with E-state index < -0.39 is 0 Å². The molecule has 138 valence electrons. The minimum absolute atomic E-state index is 0.0662. The van der Waals surface area contributed by atoms with Gasteiger partial charge in [0.05, 0.1) is 6.61 Å². The zero-order chi connectivity index (χ0) is 19.1. The molecular weight excluding hydrogens is 328 g/mol. The summed E-state index contributed by atoms with van der Waals surface area (Å²) in [6.07, 6.45) is 0. The van der Waals surface area contributed by atoms with Crippen LogP contribution in [0.1, 0.15) is 38.1 Å². The number of benzene rings is 2. The molecule has 5 heteroatoms. The molecule has 2 rings (SSSR count). The lowest BCUT2D eigenvalue weighted by molar-refractivity contribution is -0.118. The van der Waals surface area contributed by atoms with Crippen LogP contribution in [0.15, 0.2) is 48.5 Å². The van der Waals surface area contributed by atoms with Gasteiger partial charge in [0, 0.05) is 22.9 Å². The van der Waals surface area contributed by atoms with Gasteiger partial charge >= 0.3 is 0 Å². The van der Waals surface area contributed by atoms with Crippen molar-refractivity contribution in [3.63, 3.8) is 0 Å². The molecule has 2 aromatic carbocycles. The van der Waals surface area contributed by atoms with Gasteiger partial charge in [0.1, 0.15) is 5.75 Å². The topological polar surface area (TPSA) is 67.4 Å². The van der Waals surface area contributed by atoms with Gasteiger partial charge < -0.3 is 15.4 Å². The molecule has 2 N–H and O–H groups in total. The molecule has 0 aliphatic heterocycles. The van der Waals surface area contributed by atoms with E-state index in [0.717, 1.165) is 0 Å². The summed E-state index contributed by atoms with van der Waals surface area (Å²) in [7, 11) is 0. The van der Waals surface area contributed by atoms with Crippen LogP contribution in [0.5, 0.6) is 5.75 Å². The average molecular weight is 354 g/mol. The van der Waals surface area contributed by atoms with Gasteiger partial charge in [-0.05, 0) is 42.3 Å². The third kappa shape index (κ3) is 5.92. The predicted octanol–water partition coefficient (Wildman–Crippen LogP) is 4.57. The number of ether oxygens (including phenoxy) is 1. The Kier molecular flexibility index (Phi) is 6.78. The lowest BCUT2D eigenvalue weighted by Gasteiger charge is -2.11. The highest BCUT2D eigenvalue weighted by Gasteiger charge is 2.10. The van der Waals surface area contributed by atoms with Crippen LogP contribution in [0, 0.1) is 11.8 Å². The first-order chi connectivity index (χ1) is 12.3. The van der Waals surface area contributed by atoms with Crippen molar-refractivity contribution >= 4 is 23.2 Å². The van der Waals surface area contributed by atoms with Gasteiger partial charge in [-0.25, -0.2) is 0 Å². The second-order valence-corrected chi connectivity index (χ2v) is 6.91. The van der Waals surface area contributed by atoms with Crippen LogP contribution in [0.2, 0.25) is 0 Å². The molecule has 2 aromatic rings. The maximum Gasteiger partial charge on any atom is 0.255 e. The Bertz CT molecular complexity index is 769. The van der Waals surface area contributed by atoms with Crippen LogP contribution >= 0.6 is 0 Å². The molecule has 26 heavy (non-hydrogen) atoms. The Balaban J connectivity index is 2.05. The number of carbonyl (C=O) groups is 2.